The molecule has 0 N–H and O–H groups in total. The second-order valence-electron chi connectivity index (χ2n) is 5.02. The van der Waals surface area contributed by atoms with E-state index in [1.54, 1.807) is 12.1 Å². The Morgan fingerprint density at radius 3 is 2.81 bits per heavy atom. The van der Waals surface area contributed by atoms with Crippen molar-refractivity contribution >= 4 is 17.5 Å². The SMILES string of the molecule is O=C1c2c(cccc2SC(F)(F)F)CC1OC1CCOC1. The molecular formula is C14H13F3O3S. The van der Waals surface area contributed by atoms with Gasteiger partial charge in [-0.3, -0.25) is 4.79 Å². The Labute approximate surface area is 123 Å². The van der Waals surface area contributed by atoms with Gasteiger partial charge in [0.1, 0.15) is 6.10 Å². The van der Waals surface area contributed by atoms with Crippen LogP contribution in [-0.2, 0) is 15.9 Å². The number of hydrogen-bond donors (Lipinski definition) is 0. The molecule has 1 aromatic carbocycles. The second kappa shape index (κ2) is 5.62. The van der Waals surface area contributed by atoms with E-state index in [1.807, 2.05) is 0 Å². The third kappa shape index (κ3) is 3.25. The molecule has 1 heterocycles. The number of ketones is 1. The first kappa shape index (κ1) is 14.9. The number of carbonyl (C=O) groups is 1. The van der Waals surface area contributed by atoms with Crippen molar-refractivity contribution in [1.82, 2.24) is 0 Å². The minimum atomic E-state index is -4.41. The first-order valence-corrected chi connectivity index (χ1v) is 7.41. The normalized spacial score (nSPS) is 25.4. The average molecular weight is 318 g/mol. The first-order chi connectivity index (χ1) is 9.94. The van der Waals surface area contributed by atoms with Crippen LogP contribution in [0.5, 0.6) is 0 Å². The Morgan fingerprint density at radius 1 is 1.33 bits per heavy atom. The number of rotatable bonds is 3. The maximum absolute atomic E-state index is 12.6. The van der Waals surface area contributed by atoms with Crippen molar-refractivity contribution in [3.63, 3.8) is 0 Å². The first-order valence-electron chi connectivity index (χ1n) is 6.59. The zero-order valence-corrected chi connectivity index (χ0v) is 11.8. The highest BCUT2D eigenvalue weighted by molar-refractivity contribution is 8.00. The van der Waals surface area contributed by atoms with Gasteiger partial charge in [0, 0.05) is 23.5 Å². The zero-order valence-electron chi connectivity index (χ0n) is 11.0. The number of alkyl halides is 3. The molecule has 0 saturated carbocycles. The molecule has 2 aliphatic rings. The van der Waals surface area contributed by atoms with Gasteiger partial charge in [-0.1, -0.05) is 12.1 Å². The fraction of sp³-hybridized carbons (Fsp3) is 0.500. The van der Waals surface area contributed by atoms with Crippen LogP contribution in [-0.4, -0.2) is 36.7 Å². The molecule has 114 valence electrons. The molecule has 2 atom stereocenters. The molecular weight excluding hydrogens is 305 g/mol. The van der Waals surface area contributed by atoms with Crippen molar-refractivity contribution < 1.29 is 27.4 Å². The molecule has 21 heavy (non-hydrogen) atoms. The number of Topliss-reactive ketones (excluding diaryl/α,β-unsaturated/α-hetero) is 1. The maximum atomic E-state index is 12.6. The highest BCUT2D eigenvalue weighted by Crippen LogP contribution is 2.41. The number of carbonyl (C=O) groups excluding carboxylic acids is 1. The number of hydrogen-bond acceptors (Lipinski definition) is 4. The highest BCUT2D eigenvalue weighted by atomic mass is 32.2. The Kier molecular flexibility index (Phi) is 3.98. The quantitative estimate of drug-likeness (QED) is 0.802. The highest BCUT2D eigenvalue weighted by Gasteiger charge is 2.38. The Hall–Kier alpha value is -1.05. The summed E-state index contributed by atoms with van der Waals surface area (Å²) in [6.07, 6.45) is 0.204. The Morgan fingerprint density at radius 2 is 2.14 bits per heavy atom. The largest absolute Gasteiger partial charge is 0.446 e. The number of halogens is 3. The number of fused-ring (bicyclic) bond motifs is 1. The van der Waals surface area contributed by atoms with Crippen LogP contribution in [0.15, 0.2) is 23.1 Å². The molecule has 3 rings (SSSR count). The third-order valence-electron chi connectivity index (χ3n) is 3.53. The smallest absolute Gasteiger partial charge is 0.379 e. The van der Waals surface area contributed by atoms with Crippen LogP contribution in [0.3, 0.4) is 0 Å². The van der Waals surface area contributed by atoms with Gasteiger partial charge in [0.2, 0.25) is 0 Å². The predicted octanol–water partition coefficient (Wildman–Crippen LogP) is 3.21. The number of benzene rings is 1. The molecule has 1 aromatic rings. The minimum Gasteiger partial charge on any atom is -0.379 e. The van der Waals surface area contributed by atoms with Gasteiger partial charge < -0.3 is 9.47 Å². The van der Waals surface area contributed by atoms with Crippen LogP contribution in [0, 0.1) is 0 Å². The summed E-state index contributed by atoms with van der Waals surface area (Å²) in [7, 11) is 0. The summed E-state index contributed by atoms with van der Waals surface area (Å²) in [5.74, 6) is -0.357. The lowest BCUT2D eigenvalue weighted by Gasteiger charge is -2.15. The van der Waals surface area contributed by atoms with Crippen LogP contribution < -0.4 is 0 Å². The fourth-order valence-electron chi connectivity index (χ4n) is 2.65. The van der Waals surface area contributed by atoms with Crippen molar-refractivity contribution in [3.05, 3.63) is 29.3 Å². The van der Waals surface area contributed by atoms with E-state index in [4.69, 9.17) is 9.47 Å². The Balaban J connectivity index is 1.80. The van der Waals surface area contributed by atoms with E-state index >= 15 is 0 Å². The summed E-state index contributed by atoms with van der Waals surface area (Å²) >= 11 is -0.246. The van der Waals surface area contributed by atoms with Crippen LogP contribution in [0.4, 0.5) is 13.2 Å². The Bertz CT molecular complexity index is 553. The molecule has 0 bridgehead atoms. The summed E-state index contributed by atoms with van der Waals surface area (Å²) in [6.45, 7) is 1.03. The number of ether oxygens (including phenoxy) is 2. The van der Waals surface area contributed by atoms with Crippen LogP contribution in [0.1, 0.15) is 22.3 Å². The summed E-state index contributed by atoms with van der Waals surface area (Å²) < 4.78 is 48.6. The van der Waals surface area contributed by atoms with E-state index in [9.17, 15) is 18.0 Å². The van der Waals surface area contributed by atoms with Gasteiger partial charge in [0.05, 0.1) is 12.7 Å². The summed E-state index contributed by atoms with van der Waals surface area (Å²) in [5.41, 5.74) is -3.63. The monoisotopic (exact) mass is 318 g/mol. The van der Waals surface area contributed by atoms with Crippen molar-refractivity contribution in [2.75, 3.05) is 13.2 Å². The van der Waals surface area contributed by atoms with Crippen molar-refractivity contribution in [2.45, 2.75) is 35.5 Å². The van der Waals surface area contributed by atoms with Crippen LogP contribution in [0.2, 0.25) is 0 Å². The van der Waals surface area contributed by atoms with Crippen molar-refractivity contribution in [1.29, 1.82) is 0 Å². The lowest BCUT2D eigenvalue weighted by molar-refractivity contribution is -0.0328. The molecule has 0 aromatic heterocycles. The summed E-state index contributed by atoms with van der Waals surface area (Å²) in [5, 5.41) is 0. The fourth-order valence-corrected chi connectivity index (χ4v) is 3.38. The topological polar surface area (TPSA) is 35.5 Å². The van der Waals surface area contributed by atoms with Crippen LogP contribution in [0.25, 0.3) is 0 Å². The van der Waals surface area contributed by atoms with E-state index in [2.05, 4.69) is 0 Å². The van der Waals surface area contributed by atoms with Crippen molar-refractivity contribution in [2.24, 2.45) is 0 Å². The molecule has 1 saturated heterocycles. The second-order valence-corrected chi connectivity index (χ2v) is 6.12. The molecule has 7 heteroatoms. The lowest BCUT2D eigenvalue weighted by atomic mass is 10.1. The molecule has 1 fully saturated rings. The molecule has 1 aliphatic carbocycles. The number of thioether (sulfide) groups is 1. The van der Waals surface area contributed by atoms with E-state index in [1.165, 1.54) is 6.07 Å². The zero-order chi connectivity index (χ0) is 15.0. The predicted molar refractivity (Wildman–Crippen MR) is 70.5 cm³/mol. The molecule has 0 spiro atoms. The molecule has 0 amide bonds. The third-order valence-corrected chi connectivity index (χ3v) is 4.32. The van der Waals surface area contributed by atoms with E-state index < -0.39 is 11.6 Å². The average Bonchev–Trinajstić information content (AvgIpc) is 2.98. The summed E-state index contributed by atoms with van der Waals surface area (Å²) in [4.78, 5) is 12.3. The van der Waals surface area contributed by atoms with Gasteiger partial charge in [-0.2, -0.15) is 13.2 Å². The minimum absolute atomic E-state index is 0.0428. The van der Waals surface area contributed by atoms with Gasteiger partial charge in [-0.25, -0.2) is 0 Å². The molecule has 1 aliphatic heterocycles. The summed E-state index contributed by atoms with van der Waals surface area (Å²) in [6, 6.07) is 4.55. The molecule has 3 nitrogen and oxygen atoms in total. The lowest BCUT2D eigenvalue weighted by Crippen LogP contribution is -2.27. The van der Waals surface area contributed by atoms with E-state index in [0.717, 1.165) is 0 Å². The van der Waals surface area contributed by atoms with Crippen LogP contribution >= 0.6 is 11.8 Å². The van der Waals surface area contributed by atoms with E-state index in [-0.39, 0.29) is 34.1 Å². The van der Waals surface area contributed by atoms with E-state index in [0.29, 0.717) is 31.6 Å². The van der Waals surface area contributed by atoms with Gasteiger partial charge >= 0.3 is 5.51 Å². The van der Waals surface area contributed by atoms with Gasteiger partial charge in [-0.15, -0.1) is 0 Å². The van der Waals surface area contributed by atoms with Gasteiger partial charge in [0.25, 0.3) is 0 Å². The standard InChI is InChI=1S/C14H13F3O3S/c15-14(16,17)21-11-3-1-2-8-6-10(13(18)12(8)11)20-9-4-5-19-7-9/h1-3,9-10H,4-7H2. The molecule has 0 radical (unpaired) electrons. The molecule has 2 unspecified atom stereocenters. The van der Waals surface area contributed by atoms with Gasteiger partial charge in [0.15, 0.2) is 5.78 Å². The van der Waals surface area contributed by atoms with Crippen molar-refractivity contribution in [3.8, 4) is 0 Å². The maximum Gasteiger partial charge on any atom is 0.446 e. The van der Waals surface area contributed by atoms with Gasteiger partial charge in [-0.05, 0) is 29.8 Å².